The first-order chi connectivity index (χ1) is 9.20. The number of hydrogen-bond donors (Lipinski definition) is 2. The summed E-state index contributed by atoms with van der Waals surface area (Å²) in [7, 11) is 2.00. The van der Waals surface area contributed by atoms with Gasteiger partial charge >= 0.3 is 0 Å². The second kappa shape index (κ2) is 8.62. The molecule has 4 nitrogen and oxygen atoms in total. The van der Waals surface area contributed by atoms with Gasteiger partial charge in [-0.3, -0.25) is 9.69 Å². The monoisotopic (exact) mass is 317 g/mol. The third kappa shape index (κ3) is 4.74. The van der Waals surface area contributed by atoms with Gasteiger partial charge in [0.25, 0.3) is 0 Å². The van der Waals surface area contributed by atoms with Gasteiger partial charge in [0, 0.05) is 17.5 Å². The average Bonchev–Trinajstić information content (AvgIpc) is 2.97. The van der Waals surface area contributed by atoms with Gasteiger partial charge in [0.2, 0.25) is 5.91 Å². The van der Waals surface area contributed by atoms with Gasteiger partial charge in [0.15, 0.2) is 0 Å². The number of halogens is 1. The maximum atomic E-state index is 12.2. The van der Waals surface area contributed by atoms with Gasteiger partial charge < -0.3 is 10.6 Å². The first-order valence-corrected chi connectivity index (χ1v) is 7.80. The van der Waals surface area contributed by atoms with Crippen LogP contribution in [-0.4, -0.2) is 43.0 Å². The van der Waals surface area contributed by atoms with E-state index in [2.05, 4.69) is 15.5 Å². The van der Waals surface area contributed by atoms with E-state index in [1.807, 2.05) is 31.5 Å². The summed E-state index contributed by atoms with van der Waals surface area (Å²) >= 11 is 1.68. The van der Waals surface area contributed by atoms with Crippen molar-refractivity contribution in [3.8, 4) is 0 Å². The number of hydrogen-bond acceptors (Lipinski definition) is 4. The van der Waals surface area contributed by atoms with Crippen molar-refractivity contribution in [3.63, 3.8) is 0 Å². The largest absolute Gasteiger partial charge is 0.350 e. The predicted molar refractivity (Wildman–Crippen MR) is 86.5 cm³/mol. The number of nitrogens with zero attached hydrogens (tertiary/aromatic N) is 1. The summed E-state index contributed by atoms with van der Waals surface area (Å²) in [6.07, 6.45) is 2.37. The number of thiophene rings is 1. The number of piperidine rings is 1. The van der Waals surface area contributed by atoms with Crippen molar-refractivity contribution < 1.29 is 4.79 Å². The molecule has 0 aliphatic carbocycles. The molecule has 1 aromatic rings. The summed E-state index contributed by atoms with van der Waals surface area (Å²) in [4.78, 5) is 15.6. The Morgan fingerprint density at radius 1 is 1.60 bits per heavy atom. The number of amides is 1. The van der Waals surface area contributed by atoms with E-state index >= 15 is 0 Å². The van der Waals surface area contributed by atoms with Crippen molar-refractivity contribution in [2.75, 3.05) is 20.1 Å². The summed E-state index contributed by atoms with van der Waals surface area (Å²) in [5.74, 6) is 0.130. The van der Waals surface area contributed by atoms with Crippen LogP contribution in [0.15, 0.2) is 17.5 Å². The zero-order chi connectivity index (χ0) is 13.7. The number of likely N-dealkylation sites (N-methyl/N-ethyl adjacent to an activating group) is 1. The fourth-order valence-corrected chi connectivity index (χ4v) is 3.14. The quantitative estimate of drug-likeness (QED) is 0.871. The van der Waals surface area contributed by atoms with Crippen LogP contribution in [-0.2, 0) is 11.3 Å². The van der Waals surface area contributed by atoms with Crippen molar-refractivity contribution in [1.82, 2.24) is 15.5 Å². The lowest BCUT2D eigenvalue weighted by Gasteiger charge is -2.35. The van der Waals surface area contributed by atoms with Gasteiger partial charge in [-0.25, -0.2) is 0 Å². The summed E-state index contributed by atoms with van der Waals surface area (Å²) in [6.45, 7) is 4.63. The van der Waals surface area contributed by atoms with E-state index in [-0.39, 0.29) is 24.4 Å². The maximum absolute atomic E-state index is 12.2. The van der Waals surface area contributed by atoms with E-state index in [1.54, 1.807) is 11.3 Å². The summed E-state index contributed by atoms with van der Waals surface area (Å²) in [6, 6.07) is 4.53. The molecule has 0 radical (unpaired) electrons. The molecule has 1 aromatic heterocycles. The van der Waals surface area contributed by atoms with Gasteiger partial charge in [-0.05, 0) is 44.8 Å². The van der Waals surface area contributed by atoms with Crippen molar-refractivity contribution in [2.45, 2.75) is 38.4 Å². The van der Waals surface area contributed by atoms with Crippen LogP contribution in [0.3, 0.4) is 0 Å². The second-order valence-corrected chi connectivity index (χ2v) is 6.13. The average molecular weight is 318 g/mol. The van der Waals surface area contributed by atoms with E-state index in [0.29, 0.717) is 12.6 Å². The molecule has 2 N–H and O–H groups in total. The first kappa shape index (κ1) is 17.4. The van der Waals surface area contributed by atoms with Crippen molar-refractivity contribution in [3.05, 3.63) is 22.4 Å². The molecular weight excluding hydrogens is 294 g/mol. The lowest BCUT2D eigenvalue weighted by atomic mass is 10.0. The Bertz CT molecular complexity index is 399. The molecule has 0 bridgehead atoms. The Kier molecular flexibility index (Phi) is 7.51. The summed E-state index contributed by atoms with van der Waals surface area (Å²) in [5.41, 5.74) is 0. The molecular formula is C14H24ClN3OS. The molecule has 2 heterocycles. The Morgan fingerprint density at radius 3 is 3.05 bits per heavy atom. The van der Waals surface area contributed by atoms with E-state index in [4.69, 9.17) is 0 Å². The van der Waals surface area contributed by atoms with E-state index in [9.17, 15) is 4.79 Å². The number of carbonyl (C=O) groups excluding carboxylic acids is 1. The highest BCUT2D eigenvalue weighted by Crippen LogP contribution is 2.13. The number of carbonyl (C=O) groups is 1. The smallest absolute Gasteiger partial charge is 0.237 e. The normalized spacial score (nSPS) is 21.0. The molecule has 6 heteroatoms. The summed E-state index contributed by atoms with van der Waals surface area (Å²) < 4.78 is 0. The van der Waals surface area contributed by atoms with Crippen LogP contribution >= 0.6 is 23.7 Å². The predicted octanol–water partition coefficient (Wildman–Crippen LogP) is 1.86. The molecule has 1 saturated heterocycles. The highest BCUT2D eigenvalue weighted by molar-refractivity contribution is 7.09. The zero-order valence-electron chi connectivity index (χ0n) is 12.1. The van der Waals surface area contributed by atoms with Crippen LogP contribution in [0.25, 0.3) is 0 Å². The fraction of sp³-hybridized carbons (Fsp3) is 0.643. The van der Waals surface area contributed by atoms with Crippen molar-refractivity contribution in [2.24, 2.45) is 0 Å². The van der Waals surface area contributed by atoms with E-state index < -0.39 is 0 Å². The standard InChI is InChI=1S/C14H23N3OS.ClH/c1-11(17-7-3-5-12(10-17)15-2)14(18)16-9-13-6-4-8-19-13;/h4,6,8,11-12,15H,3,5,7,9-10H2,1-2H3,(H,16,18);1H. The number of rotatable bonds is 5. The molecule has 2 atom stereocenters. The summed E-state index contributed by atoms with van der Waals surface area (Å²) in [5, 5.41) is 8.37. The Morgan fingerprint density at radius 2 is 2.40 bits per heavy atom. The number of nitrogens with one attached hydrogen (secondary N) is 2. The SMILES string of the molecule is CNC1CCCN(C(C)C(=O)NCc2cccs2)C1.Cl. The van der Waals surface area contributed by atoms with Crippen LogP contribution in [0.4, 0.5) is 0 Å². The second-order valence-electron chi connectivity index (χ2n) is 5.10. The highest BCUT2D eigenvalue weighted by atomic mass is 35.5. The molecule has 0 saturated carbocycles. The Labute approximate surface area is 131 Å². The molecule has 2 rings (SSSR count). The molecule has 20 heavy (non-hydrogen) atoms. The molecule has 2 unspecified atom stereocenters. The van der Waals surface area contributed by atoms with Gasteiger partial charge in [-0.15, -0.1) is 23.7 Å². The minimum atomic E-state index is -0.0453. The molecule has 1 aliphatic rings. The molecule has 0 aromatic carbocycles. The Balaban J connectivity index is 0.00000200. The molecule has 1 aliphatic heterocycles. The third-order valence-electron chi connectivity index (χ3n) is 3.81. The van der Waals surface area contributed by atoms with Crippen LogP contribution < -0.4 is 10.6 Å². The third-order valence-corrected chi connectivity index (χ3v) is 4.68. The van der Waals surface area contributed by atoms with Crippen LogP contribution in [0, 0.1) is 0 Å². The van der Waals surface area contributed by atoms with Gasteiger partial charge in [0.05, 0.1) is 12.6 Å². The molecule has 1 fully saturated rings. The molecule has 0 spiro atoms. The Hall–Kier alpha value is -0.620. The molecule has 1 amide bonds. The van der Waals surface area contributed by atoms with E-state index in [1.165, 1.54) is 11.3 Å². The van der Waals surface area contributed by atoms with Gasteiger partial charge in [-0.2, -0.15) is 0 Å². The van der Waals surface area contributed by atoms with Crippen LogP contribution in [0.1, 0.15) is 24.6 Å². The minimum Gasteiger partial charge on any atom is -0.350 e. The zero-order valence-corrected chi connectivity index (χ0v) is 13.7. The minimum absolute atomic E-state index is 0. The van der Waals surface area contributed by atoms with Crippen molar-refractivity contribution >= 4 is 29.7 Å². The lowest BCUT2D eigenvalue weighted by Crippen LogP contribution is -2.52. The van der Waals surface area contributed by atoms with E-state index in [0.717, 1.165) is 19.5 Å². The maximum Gasteiger partial charge on any atom is 0.237 e. The van der Waals surface area contributed by atoms with Crippen LogP contribution in [0.2, 0.25) is 0 Å². The van der Waals surface area contributed by atoms with Crippen molar-refractivity contribution in [1.29, 1.82) is 0 Å². The van der Waals surface area contributed by atoms with Crippen LogP contribution in [0.5, 0.6) is 0 Å². The first-order valence-electron chi connectivity index (χ1n) is 6.92. The topological polar surface area (TPSA) is 44.4 Å². The molecule has 114 valence electrons. The number of likely N-dealkylation sites (tertiary alicyclic amines) is 1. The highest BCUT2D eigenvalue weighted by Gasteiger charge is 2.26. The lowest BCUT2D eigenvalue weighted by molar-refractivity contribution is -0.126. The van der Waals surface area contributed by atoms with Gasteiger partial charge in [0.1, 0.15) is 0 Å². The van der Waals surface area contributed by atoms with Gasteiger partial charge in [-0.1, -0.05) is 6.07 Å². The fourth-order valence-electron chi connectivity index (χ4n) is 2.49.